The van der Waals surface area contributed by atoms with Gasteiger partial charge in [0, 0.05) is 10.7 Å². The van der Waals surface area contributed by atoms with Gasteiger partial charge in [-0.2, -0.15) is 0 Å². The molecular weight excluding hydrogens is 319 g/mol. The number of halogens is 2. The van der Waals surface area contributed by atoms with E-state index in [9.17, 15) is 4.39 Å². The number of benzene rings is 1. The summed E-state index contributed by atoms with van der Waals surface area (Å²) < 4.78 is 14.2. The summed E-state index contributed by atoms with van der Waals surface area (Å²) in [7, 11) is 0. The number of nitrogens with zero attached hydrogens (tertiary/aromatic N) is 1. The number of hydrogen-bond donors (Lipinski definition) is 1. The molecule has 0 fully saturated rings. The van der Waals surface area contributed by atoms with Gasteiger partial charge >= 0.3 is 0 Å². The van der Waals surface area contributed by atoms with Crippen molar-refractivity contribution in [2.45, 2.75) is 25.8 Å². The fourth-order valence-electron chi connectivity index (χ4n) is 2.15. The standard InChI is InChI=1S/C16H18BrFN2/c1-2-6-19-16(15-5-3-4-7-20-15)10-12-8-13(17)11-14(18)9-12/h3-5,7-9,11,16,19H,2,6,10H2,1H3. The topological polar surface area (TPSA) is 24.9 Å². The number of pyridine rings is 1. The second-order valence-electron chi connectivity index (χ2n) is 4.74. The highest BCUT2D eigenvalue weighted by molar-refractivity contribution is 9.10. The maximum Gasteiger partial charge on any atom is 0.124 e. The predicted octanol–water partition coefficient (Wildman–Crippen LogP) is 4.27. The SMILES string of the molecule is CCCNC(Cc1cc(F)cc(Br)c1)c1ccccn1. The van der Waals surface area contributed by atoms with Crippen molar-refractivity contribution in [3.63, 3.8) is 0 Å². The third kappa shape index (κ3) is 4.39. The molecule has 1 N–H and O–H groups in total. The molecule has 106 valence electrons. The number of aromatic nitrogens is 1. The Hall–Kier alpha value is -1.26. The van der Waals surface area contributed by atoms with Gasteiger partial charge in [-0.1, -0.05) is 28.9 Å². The van der Waals surface area contributed by atoms with Crippen molar-refractivity contribution in [3.05, 3.63) is 64.1 Å². The Morgan fingerprint density at radius 1 is 1.30 bits per heavy atom. The van der Waals surface area contributed by atoms with Crippen LogP contribution in [0, 0.1) is 5.82 Å². The molecule has 1 unspecified atom stereocenters. The fourth-order valence-corrected chi connectivity index (χ4v) is 2.66. The summed E-state index contributed by atoms with van der Waals surface area (Å²) in [5.74, 6) is -0.218. The highest BCUT2D eigenvalue weighted by Crippen LogP contribution is 2.21. The Morgan fingerprint density at radius 3 is 2.80 bits per heavy atom. The van der Waals surface area contributed by atoms with Crippen LogP contribution in [0.4, 0.5) is 4.39 Å². The molecule has 0 aliphatic carbocycles. The van der Waals surface area contributed by atoms with E-state index in [1.165, 1.54) is 6.07 Å². The predicted molar refractivity (Wildman–Crippen MR) is 83.1 cm³/mol. The van der Waals surface area contributed by atoms with Crippen LogP contribution in [0.3, 0.4) is 0 Å². The second-order valence-corrected chi connectivity index (χ2v) is 5.66. The van der Waals surface area contributed by atoms with Gasteiger partial charge in [0.05, 0.1) is 11.7 Å². The van der Waals surface area contributed by atoms with Crippen LogP contribution in [0.15, 0.2) is 47.1 Å². The van der Waals surface area contributed by atoms with E-state index >= 15 is 0 Å². The quantitative estimate of drug-likeness (QED) is 0.852. The molecule has 0 saturated heterocycles. The molecule has 0 spiro atoms. The minimum absolute atomic E-state index is 0.102. The lowest BCUT2D eigenvalue weighted by Crippen LogP contribution is -2.25. The molecule has 1 atom stereocenters. The third-order valence-corrected chi connectivity index (χ3v) is 3.51. The molecule has 0 aliphatic rings. The Labute approximate surface area is 127 Å². The van der Waals surface area contributed by atoms with Crippen LogP contribution in [0.1, 0.15) is 30.6 Å². The highest BCUT2D eigenvalue weighted by Gasteiger charge is 2.13. The van der Waals surface area contributed by atoms with Crippen molar-refractivity contribution in [1.82, 2.24) is 10.3 Å². The summed E-state index contributed by atoms with van der Waals surface area (Å²) in [6, 6.07) is 11.0. The average Bonchev–Trinajstić information content (AvgIpc) is 2.43. The zero-order valence-corrected chi connectivity index (χ0v) is 13.0. The van der Waals surface area contributed by atoms with Crippen molar-refractivity contribution in [2.24, 2.45) is 0 Å². The van der Waals surface area contributed by atoms with Crippen molar-refractivity contribution in [3.8, 4) is 0 Å². The van der Waals surface area contributed by atoms with E-state index in [1.54, 1.807) is 12.3 Å². The Bertz CT molecular complexity index is 525. The third-order valence-electron chi connectivity index (χ3n) is 3.05. The van der Waals surface area contributed by atoms with Gasteiger partial charge in [-0.3, -0.25) is 4.98 Å². The molecule has 1 aromatic carbocycles. The van der Waals surface area contributed by atoms with Gasteiger partial charge in [-0.25, -0.2) is 4.39 Å². The van der Waals surface area contributed by atoms with Crippen LogP contribution >= 0.6 is 15.9 Å². The Kier molecular flexibility index (Phi) is 5.68. The average molecular weight is 337 g/mol. The summed E-state index contributed by atoms with van der Waals surface area (Å²) in [5, 5.41) is 3.47. The van der Waals surface area contributed by atoms with Gasteiger partial charge in [-0.15, -0.1) is 0 Å². The summed E-state index contributed by atoms with van der Waals surface area (Å²) in [4.78, 5) is 4.41. The monoisotopic (exact) mass is 336 g/mol. The number of hydrogen-bond acceptors (Lipinski definition) is 2. The summed E-state index contributed by atoms with van der Waals surface area (Å²) in [6.07, 6.45) is 3.56. The minimum Gasteiger partial charge on any atom is -0.308 e. The molecule has 0 radical (unpaired) electrons. The highest BCUT2D eigenvalue weighted by atomic mass is 79.9. The number of nitrogens with one attached hydrogen (secondary N) is 1. The van der Waals surface area contributed by atoms with Crippen molar-refractivity contribution in [2.75, 3.05) is 6.54 Å². The van der Waals surface area contributed by atoms with E-state index in [-0.39, 0.29) is 11.9 Å². The molecule has 0 saturated carbocycles. The summed E-state index contributed by atoms with van der Waals surface area (Å²) in [5.41, 5.74) is 1.94. The molecule has 4 heteroatoms. The smallest absolute Gasteiger partial charge is 0.124 e. The van der Waals surface area contributed by atoms with E-state index in [4.69, 9.17) is 0 Å². The van der Waals surface area contributed by atoms with Gasteiger partial charge < -0.3 is 5.32 Å². The molecule has 20 heavy (non-hydrogen) atoms. The van der Waals surface area contributed by atoms with E-state index in [0.29, 0.717) is 6.42 Å². The molecule has 2 aromatic rings. The lowest BCUT2D eigenvalue weighted by molar-refractivity contribution is 0.516. The Morgan fingerprint density at radius 2 is 2.15 bits per heavy atom. The molecule has 0 aliphatic heterocycles. The fraction of sp³-hybridized carbons (Fsp3) is 0.312. The first-order valence-corrected chi connectivity index (χ1v) is 7.57. The lowest BCUT2D eigenvalue weighted by atomic mass is 10.0. The van der Waals surface area contributed by atoms with Crippen LogP contribution in [0.2, 0.25) is 0 Å². The molecular formula is C16H18BrFN2. The van der Waals surface area contributed by atoms with Crippen LogP contribution in [-0.4, -0.2) is 11.5 Å². The largest absolute Gasteiger partial charge is 0.308 e. The van der Waals surface area contributed by atoms with Crippen molar-refractivity contribution < 1.29 is 4.39 Å². The lowest BCUT2D eigenvalue weighted by Gasteiger charge is -2.18. The van der Waals surface area contributed by atoms with E-state index in [0.717, 1.165) is 28.7 Å². The summed E-state index contributed by atoms with van der Waals surface area (Å²) >= 11 is 3.34. The first kappa shape index (κ1) is 15.1. The van der Waals surface area contributed by atoms with Gasteiger partial charge in [-0.05, 0) is 55.3 Å². The van der Waals surface area contributed by atoms with Crippen LogP contribution in [0.5, 0.6) is 0 Å². The zero-order valence-electron chi connectivity index (χ0n) is 11.4. The van der Waals surface area contributed by atoms with Crippen LogP contribution in [-0.2, 0) is 6.42 Å². The van der Waals surface area contributed by atoms with Crippen molar-refractivity contribution >= 4 is 15.9 Å². The molecule has 2 nitrogen and oxygen atoms in total. The van der Waals surface area contributed by atoms with E-state index in [1.807, 2.05) is 24.3 Å². The second kappa shape index (κ2) is 7.50. The normalized spacial score (nSPS) is 12.3. The van der Waals surface area contributed by atoms with E-state index < -0.39 is 0 Å². The molecule has 0 bridgehead atoms. The van der Waals surface area contributed by atoms with Gasteiger partial charge in [0.2, 0.25) is 0 Å². The van der Waals surface area contributed by atoms with E-state index in [2.05, 4.69) is 33.2 Å². The molecule has 0 amide bonds. The van der Waals surface area contributed by atoms with Gasteiger partial charge in [0.25, 0.3) is 0 Å². The minimum atomic E-state index is -0.218. The zero-order chi connectivity index (χ0) is 14.4. The first-order valence-electron chi connectivity index (χ1n) is 6.78. The van der Waals surface area contributed by atoms with Gasteiger partial charge in [0.15, 0.2) is 0 Å². The maximum atomic E-state index is 13.5. The number of rotatable bonds is 6. The van der Waals surface area contributed by atoms with Crippen molar-refractivity contribution in [1.29, 1.82) is 0 Å². The van der Waals surface area contributed by atoms with Crippen LogP contribution in [0.25, 0.3) is 0 Å². The Balaban J connectivity index is 2.19. The molecule has 2 rings (SSSR count). The van der Waals surface area contributed by atoms with Crippen LogP contribution < -0.4 is 5.32 Å². The van der Waals surface area contributed by atoms with Gasteiger partial charge in [0.1, 0.15) is 5.82 Å². The first-order chi connectivity index (χ1) is 9.69. The molecule has 1 aromatic heterocycles. The maximum absolute atomic E-state index is 13.5. The summed E-state index contributed by atoms with van der Waals surface area (Å²) in [6.45, 7) is 3.04. The molecule has 1 heterocycles.